The van der Waals surface area contributed by atoms with Crippen LogP contribution in [-0.4, -0.2) is 13.7 Å². The first kappa shape index (κ1) is 30.7. The topological polar surface area (TPSA) is 62.4 Å². The minimum Gasteiger partial charge on any atom is -0.309 e. The van der Waals surface area contributed by atoms with Crippen LogP contribution in [0.1, 0.15) is 11.1 Å². The quantitative estimate of drug-likeness (QED) is 0.184. The average molecular weight is 700 g/mol. The van der Waals surface area contributed by atoms with Gasteiger partial charge in [-0.05, 0) is 78.4 Å². The highest BCUT2D eigenvalue weighted by molar-refractivity contribution is 6.16. The molecule has 11 aromatic rings. The smallest absolute Gasteiger partial charge is 0.101 e. The Bertz CT molecular complexity index is 3400. The molecule has 0 fully saturated rings. The van der Waals surface area contributed by atoms with E-state index in [4.69, 9.17) is 0 Å². The summed E-state index contributed by atoms with van der Waals surface area (Å²) in [7, 11) is 0. The Morgan fingerprint density at radius 3 is 1.58 bits per heavy atom. The summed E-state index contributed by atoms with van der Waals surface area (Å²) in [5, 5.41) is 27.0. The molecule has 5 heteroatoms. The number of benzene rings is 8. The number of nitrogens with zero attached hydrogens (tertiary/aromatic N) is 5. The Labute approximate surface area is 316 Å². The third-order valence-corrected chi connectivity index (χ3v) is 11.1. The third kappa shape index (κ3) is 4.39. The number of para-hydroxylation sites is 5. The molecule has 254 valence electrons. The van der Waals surface area contributed by atoms with Gasteiger partial charge in [-0.2, -0.15) is 10.5 Å². The second-order valence-electron chi connectivity index (χ2n) is 14.0. The van der Waals surface area contributed by atoms with E-state index in [1.54, 1.807) is 0 Å². The molecular formula is C50H29N5. The fraction of sp³-hybridized carbons (Fsp3) is 0. The Hall–Kier alpha value is -7.86. The summed E-state index contributed by atoms with van der Waals surface area (Å²) in [6.45, 7) is 0. The average Bonchev–Trinajstić information content (AvgIpc) is 3.89. The van der Waals surface area contributed by atoms with Crippen LogP contribution in [0.3, 0.4) is 0 Å². The van der Waals surface area contributed by atoms with Crippen molar-refractivity contribution in [1.29, 1.82) is 10.5 Å². The molecule has 3 aromatic heterocycles. The summed E-state index contributed by atoms with van der Waals surface area (Å²) < 4.78 is 6.93. The van der Waals surface area contributed by atoms with Crippen molar-refractivity contribution < 1.29 is 0 Å². The summed E-state index contributed by atoms with van der Waals surface area (Å²) in [4.78, 5) is 0. The van der Waals surface area contributed by atoms with E-state index in [1.165, 1.54) is 0 Å². The molecule has 0 aliphatic rings. The molecule has 0 N–H and O–H groups in total. The Kier molecular flexibility index (Phi) is 6.61. The zero-order valence-corrected chi connectivity index (χ0v) is 29.5. The van der Waals surface area contributed by atoms with Crippen molar-refractivity contribution in [1.82, 2.24) is 13.7 Å². The first-order valence-electron chi connectivity index (χ1n) is 18.3. The summed E-state index contributed by atoms with van der Waals surface area (Å²) in [6, 6.07) is 65.9. The number of rotatable bonds is 4. The second kappa shape index (κ2) is 11.8. The van der Waals surface area contributed by atoms with Gasteiger partial charge >= 0.3 is 0 Å². The fourth-order valence-electron chi connectivity index (χ4n) is 8.83. The van der Waals surface area contributed by atoms with Gasteiger partial charge in [0.2, 0.25) is 0 Å². The molecule has 11 rings (SSSR count). The number of fused-ring (bicyclic) bond motifs is 9. The molecule has 0 radical (unpaired) electrons. The highest BCUT2D eigenvalue weighted by atomic mass is 15.0. The van der Waals surface area contributed by atoms with Crippen LogP contribution in [0.25, 0.3) is 93.6 Å². The highest BCUT2D eigenvalue weighted by Gasteiger charge is 2.21. The Morgan fingerprint density at radius 2 is 0.927 bits per heavy atom. The molecule has 0 aliphatic heterocycles. The van der Waals surface area contributed by atoms with Crippen LogP contribution in [-0.2, 0) is 0 Å². The zero-order valence-electron chi connectivity index (χ0n) is 29.5. The predicted molar refractivity (Wildman–Crippen MR) is 224 cm³/mol. The fourth-order valence-corrected chi connectivity index (χ4v) is 8.83. The SMILES string of the molecule is N#Cc1ccc2c(c1)c1ccccc1n2-c1cccc2c1c1ccccc1n2-c1ccc(-c2cccc(C#N)c2-n2c3ccccc3c3ccccc32)cc1. The molecule has 55 heavy (non-hydrogen) atoms. The van der Waals surface area contributed by atoms with Gasteiger partial charge in [0.05, 0.1) is 61.7 Å². The zero-order chi connectivity index (χ0) is 36.6. The van der Waals surface area contributed by atoms with Crippen molar-refractivity contribution in [2.75, 3.05) is 0 Å². The van der Waals surface area contributed by atoms with Crippen molar-refractivity contribution >= 4 is 65.4 Å². The van der Waals surface area contributed by atoms with Gasteiger partial charge in [-0.15, -0.1) is 0 Å². The van der Waals surface area contributed by atoms with Gasteiger partial charge < -0.3 is 13.7 Å². The first-order valence-corrected chi connectivity index (χ1v) is 18.3. The van der Waals surface area contributed by atoms with Crippen molar-refractivity contribution in [2.45, 2.75) is 0 Å². The third-order valence-electron chi connectivity index (χ3n) is 11.1. The van der Waals surface area contributed by atoms with Crippen LogP contribution in [0.4, 0.5) is 0 Å². The minimum atomic E-state index is 0.622. The molecule has 0 aliphatic carbocycles. The molecular weight excluding hydrogens is 671 g/mol. The van der Waals surface area contributed by atoms with E-state index < -0.39 is 0 Å². The number of nitriles is 2. The molecule has 3 heterocycles. The van der Waals surface area contributed by atoms with Gasteiger partial charge in [0.1, 0.15) is 6.07 Å². The van der Waals surface area contributed by atoms with Crippen molar-refractivity contribution in [3.63, 3.8) is 0 Å². The number of hydrogen-bond acceptors (Lipinski definition) is 2. The van der Waals surface area contributed by atoms with Crippen molar-refractivity contribution in [3.05, 3.63) is 187 Å². The lowest BCUT2D eigenvalue weighted by Crippen LogP contribution is -2.01. The van der Waals surface area contributed by atoms with E-state index in [2.05, 4.69) is 177 Å². The molecule has 0 bridgehead atoms. The van der Waals surface area contributed by atoms with E-state index in [9.17, 15) is 10.5 Å². The standard InChI is InChI=1S/C50H29N5/c51-30-32-23-28-46-41(29-32)39-14-3-5-17-42(39)54(46)48-22-10-21-47-49(48)40-15-4-8-20-45(40)53(47)35-26-24-33(25-27-35)36-16-9-11-34(31-52)50(36)55-43-18-6-1-12-37(43)38-13-2-7-19-44(38)55/h1-29H. The maximum atomic E-state index is 10.5. The monoisotopic (exact) mass is 699 g/mol. The van der Waals surface area contributed by atoms with Crippen molar-refractivity contribution in [3.8, 4) is 40.3 Å². The van der Waals surface area contributed by atoms with Crippen LogP contribution in [0.2, 0.25) is 0 Å². The molecule has 0 unspecified atom stereocenters. The van der Waals surface area contributed by atoms with Crippen LogP contribution in [0.15, 0.2) is 176 Å². The van der Waals surface area contributed by atoms with Gasteiger partial charge in [-0.1, -0.05) is 103 Å². The first-order chi connectivity index (χ1) is 27.2. The maximum Gasteiger partial charge on any atom is 0.101 e. The molecule has 8 aromatic carbocycles. The maximum absolute atomic E-state index is 10.5. The Balaban J connectivity index is 1.12. The van der Waals surface area contributed by atoms with E-state index >= 15 is 0 Å². The summed E-state index contributed by atoms with van der Waals surface area (Å²) >= 11 is 0. The normalized spacial score (nSPS) is 11.6. The van der Waals surface area contributed by atoms with Gasteiger partial charge in [-0.3, -0.25) is 0 Å². The molecule has 0 saturated carbocycles. The summed E-state index contributed by atoms with van der Waals surface area (Å²) in [5.74, 6) is 0. The minimum absolute atomic E-state index is 0.622. The van der Waals surface area contributed by atoms with E-state index in [-0.39, 0.29) is 0 Å². The molecule has 0 atom stereocenters. The number of aromatic nitrogens is 3. The van der Waals surface area contributed by atoms with Crippen LogP contribution in [0.5, 0.6) is 0 Å². The summed E-state index contributed by atoms with van der Waals surface area (Å²) in [5.41, 5.74) is 12.8. The van der Waals surface area contributed by atoms with E-state index in [1.807, 2.05) is 24.3 Å². The van der Waals surface area contributed by atoms with Crippen molar-refractivity contribution in [2.24, 2.45) is 0 Å². The lowest BCUT2D eigenvalue weighted by atomic mass is 9.99. The largest absolute Gasteiger partial charge is 0.309 e. The molecule has 0 saturated heterocycles. The second-order valence-corrected chi connectivity index (χ2v) is 14.0. The van der Waals surface area contributed by atoms with Gasteiger partial charge in [0, 0.05) is 43.6 Å². The Morgan fingerprint density at radius 1 is 0.382 bits per heavy atom. The molecule has 5 nitrogen and oxygen atoms in total. The molecule has 0 amide bonds. The molecule has 0 spiro atoms. The van der Waals surface area contributed by atoms with Gasteiger partial charge in [0.25, 0.3) is 0 Å². The lowest BCUT2D eigenvalue weighted by Gasteiger charge is -2.16. The van der Waals surface area contributed by atoms with Crippen LogP contribution >= 0.6 is 0 Å². The van der Waals surface area contributed by atoms with Crippen LogP contribution < -0.4 is 0 Å². The predicted octanol–water partition coefficient (Wildman–Crippen LogP) is 12.4. The van der Waals surface area contributed by atoms with E-state index in [0.717, 1.165) is 93.6 Å². The van der Waals surface area contributed by atoms with Crippen LogP contribution in [0, 0.1) is 22.7 Å². The van der Waals surface area contributed by atoms with E-state index in [0.29, 0.717) is 11.1 Å². The van der Waals surface area contributed by atoms with Gasteiger partial charge in [-0.25, -0.2) is 0 Å². The number of hydrogen-bond donors (Lipinski definition) is 0. The summed E-state index contributed by atoms with van der Waals surface area (Å²) in [6.07, 6.45) is 0. The van der Waals surface area contributed by atoms with Gasteiger partial charge in [0.15, 0.2) is 0 Å². The highest BCUT2D eigenvalue weighted by Crippen LogP contribution is 2.41. The lowest BCUT2D eigenvalue weighted by molar-refractivity contribution is 1.16.